The summed E-state index contributed by atoms with van der Waals surface area (Å²) in [5.41, 5.74) is 2.40. The molecule has 0 saturated carbocycles. The molecule has 0 bridgehead atoms. The Morgan fingerprint density at radius 1 is 1.17 bits per heavy atom. The van der Waals surface area contributed by atoms with E-state index in [4.69, 9.17) is 14.2 Å². The Bertz CT molecular complexity index is 501. The van der Waals surface area contributed by atoms with Gasteiger partial charge in [0.15, 0.2) is 6.29 Å². The van der Waals surface area contributed by atoms with Crippen molar-refractivity contribution in [3.05, 3.63) is 33.8 Å². The molecule has 0 N–H and O–H groups in total. The number of halogens is 1. The van der Waals surface area contributed by atoms with E-state index in [9.17, 15) is 0 Å². The van der Waals surface area contributed by atoms with Crippen LogP contribution in [0.2, 0.25) is 0 Å². The predicted molar refractivity (Wildman–Crippen MR) is 103 cm³/mol. The van der Waals surface area contributed by atoms with Gasteiger partial charge in [-0.1, -0.05) is 43.6 Å². The summed E-state index contributed by atoms with van der Waals surface area (Å²) < 4.78 is 17.6. The molecule has 0 radical (unpaired) electrons. The van der Waals surface area contributed by atoms with Crippen molar-refractivity contribution in [2.75, 3.05) is 33.1 Å². The van der Waals surface area contributed by atoms with Crippen LogP contribution in [0.25, 0.3) is 0 Å². The number of rotatable bonds is 4. The van der Waals surface area contributed by atoms with Crippen LogP contribution in [0.1, 0.15) is 45.1 Å². The van der Waals surface area contributed by atoms with E-state index in [1.807, 2.05) is 27.7 Å². The minimum atomic E-state index is -0.228. The second kappa shape index (κ2) is 10.6. The number of hydrogen-bond acceptors (Lipinski definition) is 3. The summed E-state index contributed by atoms with van der Waals surface area (Å²) in [5.74, 6) is 2.32. The van der Waals surface area contributed by atoms with Crippen molar-refractivity contribution in [3.63, 3.8) is 0 Å². The largest absolute Gasteiger partial charge is 0.383 e. The lowest BCUT2D eigenvalue weighted by atomic mass is 9.83. The topological polar surface area (TPSA) is 27.7 Å². The van der Waals surface area contributed by atoms with Crippen molar-refractivity contribution in [1.29, 1.82) is 0 Å². The summed E-state index contributed by atoms with van der Waals surface area (Å²) >= 11 is 3.59. The highest BCUT2D eigenvalue weighted by Gasteiger charge is 2.35. The standard InChI is InChI=1S/C14H16BrO3P.2C2H6/c1-16-7-14(8-19-9-14)11-4-10(5-12(15)6-11)13-17-2-3-18-13;2*1-2/h4-6,8,13H,2-3,7,9H2,1H3;2*1-2H3. The highest BCUT2D eigenvalue weighted by atomic mass is 79.9. The number of hydrogen-bond donors (Lipinski definition) is 0. The van der Waals surface area contributed by atoms with Crippen molar-refractivity contribution in [1.82, 2.24) is 0 Å². The Kier molecular flexibility index (Phi) is 9.57. The van der Waals surface area contributed by atoms with Crippen molar-refractivity contribution in [2.45, 2.75) is 39.4 Å². The van der Waals surface area contributed by atoms with E-state index in [2.05, 4.69) is 39.9 Å². The van der Waals surface area contributed by atoms with Crippen molar-refractivity contribution >= 4 is 29.9 Å². The van der Waals surface area contributed by atoms with Gasteiger partial charge in [-0.05, 0) is 29.6 Å². The lowest BCUT2D eigenvalue weighted by molar-refractivity contribution is -0.0442. The van der Waals surface area contributed by atoms with E-state index in [1.165, 1.54) is 13.8 Å². The van der Waals surface area contributed by atoms with Gasteiger partial charge in [-0.2, -0.15) is 0 Å². The summed E-state index contributed by atoms with van der Waals surface area (Å²) in [7, 11) is 3.14. The van der Waals surface area contributed by atoms with Crippen LogP contribution in [-0.4, -0.2) is 38.9 Å². The summed E-state index contributed by atoms with van der Waals surface area (Å²) in [6.45, 7) is 10.1. The van der Waals surface area contributed by atoms with Gasteiger partial charge in [0.2, 0.25) is 0 Å². The summed E-state index contributed by atoms with van der Waals surface area (Å²) in [6, 6.07) is 6.42. The zero-order valence-electron chi connectivity index (χ0n) is 14.8. The van der Waals surface area contributed by atoms with E-state index in [0.717, 1.165) is 22.8 Å². The fourth-order valence-corrected chi connectivity index (χ4v) is 4.12. The maximum absolute atomic E-state index is 5.59. The molecular formula is C18H28BrO3P. The molecule has 3 rings (SSSR count). The van der Waals surface area contributed by atoms with Gasteiger partial charge in [0.1, 0.15) is 0 Å². The molecule has 3 nitrogen and oxygen atoms in total. The van der Waals surface area contributed by atoms with E-state index in [1.54, 1.807) is 7.11 Å². The molecule has 0 aromatic heterocycles. The number of methoxy groups -OCH3 is 1. The van der Waals surface area contributed by atoms with Gasteiger partial charge >= 0.3 is 0 Å². The Labute approximate surface area is 150 Å². The molecule has 1 atom stereocenters. The third-order valence-corrected chi connectivity index (χ3v) is 5.38. The molecule has 0 spiro atoms. The quantitative estimate of drug-likeness (QED) is 0.648. The maximum Gasteiger partial charge on any atom is 0.184 e. The zero-order chi connectivity index (χ0) is 17.3. The number of benzene rings is 1. The summed E-state index contributed by atoms with van der Waals surface area (Å²) in [4.78, 5) is 0. The van der Waals surface area contributed by atoms with Crippen LogP contribution in [-0.2, 0) is 19.6 Å². The molecule has 0 amide bonds. The SMILES string of the molecule is CC.CC.COCC1(c2cc(Br)cc(C3OCCO3)c2)C=PC1. The molecule has 0 aliphatic carbocycles. The third-order valence-electron chi connectivity index (χ3n) is 3.50. The smallest absolute Gasteiger partial charge is 0.184 e. The number of ether oxygens (including phenoxy) is 3. The van der Waals surface area contributed by atoms with E-state index >= 15 is 0 Å². The molecule has 2 aliphatic rings. The Morgan fingerprint density at radius 3 is 2.26 bits per heavy atom. The fraction of sp³-hybridized carbons (Fsp3) is 0.611. The molecule has 1 unspecified atom stereocenters. The highest BCUT2D eigenvalue weighted by Crippen LogP contribution is 2.39. The second-order valence-corrected chi connectivity index (χ2v) is 6.76. The predicted octanol–water partition coefficient (Wildman–Crippen LogP) is 5.19. The van der Waals surface area contributed by atoms with Gasteiger partial charge in [-0.25, -0.2) is 0 Å². The molecule has 5 heteroatoms. The maximum atomic E-state index is 5.59. The van der Waals surface area contributed by atoms with Gasteiger partial charge in [-0.15, -0.1) is 8.20 Å². The molecule has 1 fully saturated rings. The molecule has 2 aliphatic heterocycles. The normalized spacial score (nSPS) is 23.2. The van der Waals surface area contributed by atoms with E-state index in [-0.39, 0.29) is 11.7 Å². The zero-order valence-corrected chi connectivity index (χ0v) is 17.2. The minimum Gasteiger partial charge on any atom is -0.383 e. The first-order chi connectivity index (χ1) is 11.2. The van der Waals surface area contributed by atoms with Crippen LogP contribution < -0.4 is 0 Å². The molecule has 23 heavy (non-hydrogen) atoms. The lowest BCUT2D eigenvalue weighted by Crippen LogP contribution is -2.39. The van der Waals surface area contributed by atoms with Crippen molar-refractivity contribution < 1.29 is 14.2 Å². The first-order valence-electron chi connectivity index (χ1n) is 8.28. The van der Waals surface area contributed by atoms with Crippen LogP contribution in [0.4, 0.5) is 0 Å². The first-order valence-corrected chi connectivity index (χ1v) is 10.2. The molecular weight excluding hydrogens is 375 g/mol. The van der Waals surface area contributed by atoms with Crippen molar-refractivity contribution in [2.24, 2.45) is 0 Å². The average Bonchev–Trinajstić information content (AvgIpc) is 3.09. The van der Waals surface area contributed by atoms with Crippen LogP contribution in [0, 0.1) is 0 Å². The van der Waals surface area contributed by atoms with E-state index < -0.39 is 0 Å². The summed E-state index contributed by atoms with van der Waals surface area (Å²) in [6.07, 6.45) is 0.886. The van der Waals surface area contributed by atoms with Crippen LogP contribution in [0.3, 0.4) is 0 Å². The Balaban J connectivity index is 0.000000615. The van der Waals surface area contributed by atoms with Gasteiger partial charge in [0.25, 0.3) is 0 Å². The lowest BCUT2D eigenvalue weighted by Gasteiger charge is -2.35. The van der Waals surface area contributed by atoms with Crippen LogP contribution in [0.5, 0.6) is 0 Å². The van der Waals surface area contributed by atoms with Gasteiger partial charge in [0, 0.05) is 28.7 Å². The van der Waals surface area contributed by atoms with Gasteiger partial charge in [-0.3, -0.25) is 0 Å². The van der Waals surface area contributed by atoms with Crippen LogP contribution >= 0.6 is 24.1 Å². The monoisotopic (exact) mass is 402 g/mol. The second-order valence-electron chi connectivity index (χ2n) is 4.91. The molecule has 1 aromatic rings. The first kappa shape index (κ1) is 20.8. The highest BCUT2D eigenvalue weighted by molar-refractivity contribution is 9.10. The van der Waals surface area contributed by atoms with E-state index in [0.29, 0.717) is 13.2 Å². The van der Waals surface area contributed by atoms with Crippen molar-refractivity contribution in [3.8, 4) is 0 Å². The third kappa shape index (κ3) is 5.11. The Hall–Kier alpha value is -0.250. The van der Waals surface area contributed by atoms with Crippen LogP contribution in [0.15, 0.2) is 22.7 Å². The summed E-state index contributed by atoms with van der Waals surface area (Å²) in [5, 5.41) is 0. The minimum absolute atomic E-state index is 0.0490. The fourth-order valence-electron chi connectivity index (χ4n) is 2.49. The van der Waals surface area contributed by atoms with Gasteiger partial charge in [0.05, 0.1) is 19.8 Å². The van der Waals surface area contributed by atoms with Gasteiger partial charge < -0.3 is 14.2 Å². The average molecular weight is 403 g/mol. The molecule has 2 heterocycles. The Morgan fingerprint density at radius 2 is 1.78 bits per heavy atom. The molecule has 130 valence electrons. The molecule has 1 saturated heterocycles. The molecule has 1 aromatic carbocycles.